The summed E-state index contributed by atoms with van der Waals surface area (Å²) in [4.78, 5) is 0. The Kier molecular flexibility index (Phi) is 3.53. The average Bonchev–Trinajstić information content (AvgIpc) is 3.21. The fourth-order valence-corrected chi connectivity index (χ4v) is 4.51. The average molecular weight is 314 g/mol. The van der Waals surface area contributed by atoms with Gasteiger partial charge in [-0.2, -0.15) is 0 Å². The normalized spacial score (nSPS) is 24.6. The smallest absolute Gasteiger partial charge is 0.0116 e. The lowest BCUT2D eigenvalue weighted by Crippen LogP contribution is -2.26. The van der Waals surface area contributed by atoms with E-state index in [2.05, 4.69) is 76.3 Å². The van der Waals surface area contributed by atoms with Gasteiger partial charge in [-0.05, 0) is 70.6 Å². The van der Waals surface area contributed by atoms with Crippen molar-refractivity contribution in [3.63, 3.8) is 0 Å². The highest BCUT2D eigenvalue weighted by Gasteiger charge is 2.36. The molecule has 0 radical (unpaired) electrons. The van der Waals surface area contributed by atoms with E-state index in [1.807, 2.05) is 0 Å². The van der Waals surface area contributed by atoms with Crippen LogP contribution in [0.15, 0.2) is 64.8 Å². The maximum absolute atomic E-state index is 2.56. The molecule has 0 saturated carbocycles. The number of hydrogen-bond donors (Lipinski definition) is 0. The van der Waals surface area contributed by atoms with Crippen molar-refractivity contribution in [1.82, 2.24) is 0 Å². The minimum Gasteiger partial charge on any atom is -0.0801 e. The Morgan fingerprint density at radius 2 is 2.00 bits per heavy atom. The predicted octanol–water partition coefficient (Wildman–Crippen LogP) is 4.89. The highest BCUT2D eigenvalue weighted by molar-refractivity contribution is 5.94. The molecular weight excluding hydrogens is 288 g/mol. The van der Waals surface area contributed by atoms with Crippen molar-refractivity contribution in [1.29, 1.82) is 0 Å². The van der Waals surface area contributed by atoms with Gasteiger partial charge in [0.25, 0.3) is 0 Å². The number of benzene rings is 1. The molecule has 1 aromatic rings. The van der Waals surface area contributed by atoms with Crippen molar-refractivity contribution in [3.8, 4) is 0 Å². The Labute approximate surface area is 145 Å². The summed E-state index contributed by atoms with van der Waals surface area (Å²) >= 11 is 0. The molecule has 0 saturated heterocycles. The highest BCUT2D eigenvalue weighted by atomic mass is 14.4. The maximum Gasteiger partial charge on any atom is 0.0116 e. The molecule has 0 heterocycles. The molecule has 122 valence electrons. The molecule has 1 atom stereocenters. The van der Waals surface area contributed by atoms with Crippen molar-refractivity contribution in [2.24, 2.45) is 5.41 Å². The highest BCUT2D eigenvalue weighted by Crippen LogP contribution is 2.50. The van der Waals surface area contributed by atoms with E-state index in [1.54, 1.807) is 5.57 Å². The van der Waals surface area contributed by atoms with E-state index >= 15 is 0 Å². The lowest BCUT2D eigenvalue weighted by atomic mass is 9.67. The van der Waals surface area contributed by atoms with E-state index in [1.165, 1.54) is 38.3 Å². The third-order valence-electron chi connectivity index (χ3n) is 5.91. The van der Waals surface area contributed by atoms with Crippen molar-refractivity contribution in [2.45, 2.75) is 47.0 Å². The molecule has 3 aliphatic rings. The van der Waals surface area contributed by atoms with Gasteiger partial charge >= 0.3 is 0 Å². The molecule has 0 heteroatoms. The molecular formula is C24H26. The minimum absolute atomic E-state index is 0.135. The van der Waals surface area contributed by atoms with Crippen LogP contribution in [0.5, 0.6) is 0 Å². The first-order chi connectivity index (χ1) is 11.6. The fraction of sp³-hybridized carbons (Fsp3) is 0.333. The fourth-order valence-electron chi connectivity index (χ4n) is 4.51. The van der Waals surface area contributed by atoms with Gasteiger partial charge in [0.2, 0.25) is 0 Å². The van der Waals surface area contributed by atoms with Crippen LogP contribution in [-0.2, 0) is 0 Å². The predicted molar refractivity (Wildman–Crippen MR) is 104 cm³/mol. The molecule has 0 nitrogen and oxygen atoms in total. The second kappa shape index (κ2) is 5.48. The SMILES string of the molecule is CCC1=CC(C)(CC)C(C2=CC=CC2)=C2C=c3cc(C)ccc3=C12. The van der Waals surface area contributed by atoms with Crippen LogP contribution in [0.1, 0.15) is 45.6 Å². The topological polar surface area (TPSA) is 0 Å². The number of rotatable bonds is 3. The second-order valence-corrected chi connectivity index (χ2v) is 7.52. The van der Waals surface area contributed by atoms with Gasteiger partial charge in [0, 0.05) is 5.41 Å². The van der Waals surface area contributed by atoms with Gasteiger partial charge in [0.15, 0.2) is 0 Å². The molecule has 3 aliphatic carbocycles. The summed E-state index contributed by atoms with van der Waals surface area (Å²) in [5.41, 5.74) is 9.01. The standard InChI is InChI=1S/C24H26/c1-5-17-15-24(4,6-2)23(18-9-7-8-10-18)21-14-19-13-16(3)11-12-20(19)22(17)21/h7-9,11-15H,5-6,10H2,1-4H3. The van der Waals surface area contributed by atoms with Gasteiger partial charge < -0.3 is 0 Å². The largest absolute Gasteiger partial charge is 0.0801 e. The molecule has 0 aliphatic heterocycles. The zero-order valence-electron chi connectivity index (χ0n) is 15.2. The number of allylic oxidation sites excluding steroid dienone is 8. The molecule has 4 rings (SSSR count). The van der Waals surface area contributed by atoms with E-state index in [0.717, 1.165) is 19.3 Å². The Morgan fingerprint density at radius 1 is 1.17 bits per heavy atom. The van der Waals surface area contributed by atoms with E-state index in [4.69, 9.17) is 0 Å². The van der Waals surface area contributed by atoms with Gasteiger partial charge in [-0.3, -0.25) is 0 Å². The lowest BCUT2D eigenvalue weighted by molar-refractivity contribution is 0.490. The molecule has 24 heavy (non-hydrogen) atoms. The van der Waals surface area contributed by atoms with Gasteiger partial charge in [0.1, 0.15) is 0 Å². The Morgan fingerprint density at radius 3 is 2.67 bits per heavy atom. The van der Waals surface area contributed by atoms with Crippen molar-refractivity contribution < 1.29 is 0 Å². The number of aryl methyl sites for hydroxylation is 1. The molecule has 0 fully saturated rings. The Hall–Kier alpha value is -2.08. The maximum atomic E-state index is 2.56. The van der Waals surface area contributed by atoms with E-state index in [-0.39, 0.29) is 5.41 Å². The zero-order valence-corrected chi connectivity index (χ0v) is 15.2. The third-order valence-corrected chi connectivity index (χ3v) is 5.91. The molecule has 0 amide bonds. The van der Waals surface area contributed by atoms with Crippen LogP contribution in [0, 0.1) is 12.3 Å². The Bertz CT molecular complexity index is 960. The first-order valence-electron chi connectivity index (χ1n) is 9.23. The van der Waals surface area contributed by atoms with Crippen molar-refractivity contribution in [3.05, 3.63) is 80.8 Å². The van der Waals surface area contributed by atoms with Gasteiger partial charge in [-0.25, -0.2) is 0 Å². The first-order valence-corrected chi connectivity index (χ1v) is 9.23. The molecule has 0 N–H and O–H groups in total. The van der Waals surface area contributed by atoms with Crippen LogP contribution in [0.4, 0.5) is 0 Å². The summed E-state index contributed by atoms with van der Waals surface area (Å²) in [7, 11) is 0. The quantitative estimate of drug-likeness (QED) is 0.745. The van der Waals surface area contributed by atoms with Gasteiger partial charge in [0.05, 0.1) is 0 Å². The Balaban J connectivity index is 2.09. The molecule has 0 aromatic heterocycles. The van der Waals surface area contributed by atoms with Crippen molar-refractivity contribution >= 4 is 11.6 Å². The lowest BCUT2D eigenvalue weighted by Gasteiger charge is -2.37. The summed E-state index contributed by atoms with van der Waals surface area (Å²) in [5.74, 6) is 0. The molecule has 0 spiro atoms. The van der Waals surface area contributed by atoms with Crippen LogP contribution >= 0.6 is 0 Å². The zero-order chi connectivity index (χ0) is 16.9. The summed E-state index contributed by atoms with van der Waals surface area (Å²) in [6.07, 6.45) is 15.1. The van der Waals surface area contributed by atoms with E-state index in [9.17, 15) is 0 Å². The summed E-state index contributed by atoms with van der Waals surface area (Å²) in [6.45, 7) is 9.22. The van der Waals surface area contributed by atoms with E-state index < -0.39 is 0 Å². The van der Waals surface area contributed by atoms with Crippen LogP contribution in [0.2, 0.25) is 0 Å². The first kappa shape index (κ1) is 15.4. The number of fused-ring (bicyclic) bond motifs is 2. The van der Waals surface area contributed by atoms with Gasteiger partial charge in [-0.15, -0.1) is 0 Å². The second-order valence-electron chi connectivity index (χ2n) is 7.52. The molecule has 1 unspecified atom stereocenters. The summed E-state index contributed by atoms with van der Waals surface area (Å²) in [5, 5.41) is 2.81. The third kappa shape index (κ3) is 2.13. The van der Waals surface area contributed by atoms with Crippen LogP contribution in [-0.4, -0.2) is 0 Å². The summed E-state index contributed by atoms with van der Waals surface area (Å²) < 4.78 is 0. The summed E-state index contributed by atoms with van der Waals surface area (Å²) in [6, 6.07) is 6.91. The van der Waals surface area contributed by atoms with Crippen molar-refractivity contribution in [2.75, 3.05) is 0 Å². The van der Waals surface area contributed by atoms with Crippen LogP contribution < -0.4 is 10.4 Å². The van der Waals surface area contributed by atoms with Crippen LogP contribution in [0.25, 0.3) is 11.6 Å². The monoisotopic (exact) mass is 314 g/mol. The van der Waals surface area contributed by atoms with Gasteiger partial charge in [-0.1, -0.05) is 68.8 Å². The molecule has 1 aromatic carbocycles. The minimum atomic E-state index is 0.135. The van der Waals surface area contributed by atoms with E-state index in [0.29, 0.717) is 0 Å². The number of hydrogen-bond acceptors (Lipinski definition) is 0. The van der Waals surface area contributed by atoms with Crippen LogP contribution in [0.3, 0.4) is 0 Å². The molecule has 0 bridgehead atoms.